The fourth-order valence-electron chi connectivity index (χ4n) is 1.61. The third-order valence-corrected chi connectivity index (χ3v) is 3.07. The van der Waals surface area contributed by atoms with Crippen LogP contribution in [0.4, 0.5) is 13.2 Å². The molecule has 0 radical (unpaired) electrons. The van der Waals surface area contributed by atoms with Crippen LogP contribution in [0.2, 0.25) is 5.02 Å². The number of halogens is 5. The lowest BCUT2D eigenvalue weighted by Gasteiger charge is -2.11. The summed E-state index contributed by atoms with van der Waals surface area (Å²) in [7, 11) is 0. The van der Waals surface area contributed by atoms with Crippen LogP contribution in [-0.4, -0.2) is 5.24 Å². The van der Waals surface area contributed by atoms with Crippen molar-refractivity contribution in [1.82, 2.24) is 0 Å². The Kier molecular flexibility index (Phi) is 4.44. The Morgan fingerprint density at radius 2 is 1.71 bits per heavy atom. The molecule has 2 rings (SSSR count). The van der Waals surface area contributed by atoms with Gasteiger partial charge >= 0.3 is 6.18 Å². The first-order valence-electron chi connectivity index (χ1n) is 5.62. The molecule has 0 spiro atoms. The second kappa shape index (κ2) is 5.95. The van der Waals surface area contributed by atoms with Crippen LogP contribution in [0.15, 0.2) is 42.5 Å². The van der Waals surface area contributed by atoms with E-state index in [1.165, 1.54) is 24.3 Å². The van der Waals surface area contributed by atoms with Crippen LogP contribution in [0.5, 0.6) is 11.5 Å². The minimum Gasteiger partial charge on any atom is -0.457 e. The van der Waals surface area contributed by atoms with Gasteiger partial charge in [-0.05, 0) is 41.9 Å². The first kappa shape index (κ1) is 15.7. The highest BCUT2D eigenvalue weighted by atomic mass is 35.5. The summed E-state index contributed by atoms with van der Waals surface area (Å²) in [5, 5.41) is -1.13. The lowest BCUT2D eigenvalue weighted by molar-refractivity contribution is -0.137. The molecule has 110 valence electrons. The molecule has 0 aliphatic heterocycles. The van der Waals surface area contributed by atoms with Crippen LogP contribution < -0.4 is 4.74 Å². The van der Waals surface area contributed by atoms with Gasteiger partial charge in [-0.2, -0.15) is 13.2 Å². The molecule has 21 heavy (non-hydrogen) atoms. The van der Waals surface area contributed by atoms with Crippen molar-refractivity contribution in [2.24, 2.45) is 0 Å². The van der Waals surface area contributed by atoms with Crippen molar-refractivity contribution >= 4 is 28.4 Å². The zero-order valence-electron chi connectivity index (χ0n) is 10.2. The van der Waals surface area contributed by atoms with Gasteiger partial charge in [-0.3, -0.25) is 4.79 Å². The summed E-state index contributed by atoms with van der Waals surface area (Å²) < 4.78 is 43.1. The number of hydrogen-bond donors (Lipinski definition) is 0. The van der Waals surface area contributed by atoms with E-state index >= 15 is 0 Å². The molecule has 0 saturated carbocycles. The fraction of sp³-hybridized carbons (Fsp3) is 0.0714. The summed E-state index contributed by atoms with van der Waals surface area (Å²) in [6.07, 6.45) is -4.53. The van der Waals surface area contributed by atoms with Gasteiger partial charge in [0.1, 0.15) is 11.5 Å². The number of carbonyl (C=O) groups excluding carboxylic acids is 1. The zero-order valence-corrected chi connectivity index (χ0v) is 11.8. The van der Waals surface area contributed by atoms with E-state index in [1.807, 2.05) is 0 Å². The summed E-state index contributed by atoms with van der Waals surface area (Å²) in [6.45, 7) is 0. The molecular weight excluding hydrogens is 328 g/mol. The highest BCUT2D eigenvalue weighted by Gasteiger charge is 2.33. The highest BCUT2D eigenvalue weighted by Crippen LogP contribution is 2.37. The maximum atomic E-state index is 12.6. The number of hydrogen-bond acceptors (Lipinski definition) is 2. The smallest absolute Gasteiger partial charge is 0.417 e. The lowest BCUT2D eigenvalue weighted by atomic mass is 10.2. The van der Waals surface area contributed by atoms with E-state index in [4.69, 9.17) is 27.9 Å². The SMILES string of the molecule is O=C(Cl)c1cccc(Oc2ccc(C(F)(F)F)c(Cl)c2)c1. The van der Waals surface area contributed by atoms with Gasteiger partial charge in [0.15, 0.2) is 0 Å². The van der Waals surface area contributed by atoms with Crippen molar-refractivity contribution in [2.45, 2.75) is 6.18 Å². The van der Waals surface area contributed by atoms with Crippen LogP contribution in [-0.2, 0) is 6.18 Å². The van der Waals surface area contributed by atoms with Gasteiger partial charge in [-0.25, -0.2) is 0 Å². The van der Waals surface area contributed by atoms with E-state index in [9.17, 15) is 18.0 Å². The minimum atomic E-state index is -4.53. The van der Waals surface area contributed by atoms with Crippen molar-refractivity contribution in [3.63, 3.8) is 0 Å². The van der Waals surface area contributed by atoms with Gasteiger partial charge in [0.2, 0.25) is 0 Å². The van der Waals surface area contributed by atoms with Crippen LogP contribution in [0.3, 0.4) is 0 Å². The molecule has 7 heteroatoms. The molecule has 2 aromatic carbocycles. The number of rotatable bonds is 3. The second-order valence-corrected chi connectivity index (χ2v) is 4.79. The van der Waals surface area contributed by atoms with Gasteiger partial charge in [-0.1, -0.05) is 17.7 Å². The van der Waals surface area contributed by atoms with Gasteiger partial charge in [0.25, 0.3) is 5.24 Å². The Labute approximate surface area is 128 Å². The van der Waals surface area contributed by atoms with Crippen LogP contribution in [0, 0.1) is 0 Å². The van der Waals surface area contributed by atoms with Crippen LogP contribution in [0.25, 0.3) is 0 Å². The quantitative estimate of drug-likeness (QED) is 0.690. The number of carbonyl (C=O) groups is 1. The number of alkyl halides is 3. The molecule has 0 amide bonds. The third kappa shape index (κ3) is 3.89. The lowest BCUT2D eigenvalue weighted by Crippen LogP contribution is -2.05. The molecule has 2 aromatic rings. The van der Waals surface area contributed by atoms with E-state index in [0.717, 1.165) is 18.2 Å². The molecule has 0 aliphatic rings. The molecule has 0 aromatic heterocycles. The zero-order chi connectivity index (χ0) is 15.6. The van der Waals surface area contributed by atoms with Gasteiger partial charge in [0, 0.05) is 11.6 Å². The van der Waals surface area contributed by atoms with Crippen molar-refractivity contribution in [1.29, 1.82) is 0 Å². The predicted octanol–water partition coefficient (Wildman–Crippen LogP) is 5.53. The molecular formula is C14H7Cl2F3O2. The van der Waals surface area contributed by atoms with E-state index in [2.05, 4.69) is 0 Å². The Balaban J connectivity index is 2.27. The topological polar surface area (TPSA) is 26.3 Å². The Morgan fingerprint density at radius 1 is 1.05 bits per heavy atom. The van der Waals surface area contributed by atoms with Crippen molar-refractivity contribution in [2.75, 3.05) is 0 Å². The molecule has 0 saturated heterocycles. The van der Waals surface area contributed by atoms with Crippen molar-refractivity contribution < 1.29 is 22.7 Å². The normalized spacial score (nSPS) is 11.3. The van der Waals surface area contributed by atoms with Crippen molar-refractivity contribution in [3.05, 3.63) is 58.6 Å². The summed E-state index contributed by atoms with van der Waals surface area (Å²) >= 11 is 10.9. The van der Waals surface area contributed by atoms with Gasteiger partial charge < -0.3 is 4.74 Å². The molecule has 0 heterocycles. The average Bonchev–Trinajstić information content (AvgIpc) is 2.37. The number of benzene rings is 2. The maximum absolute atomic E-state index is 12.6. The van der Waals surface area contributed by atoms with E-state index in [1.54, 1.807) is 0 Å². The average molecular weight is 335 g/mol. The minimum absolute atomic E-state index is 0.118. The predicted molar refractivity (Wildman–Crippen MR) is 73.2 cm³/mol. The third-order valence-electron chi connectivity index (χ3n) is 2.54. The Bertz CT molecular complexity index is 684. The molecule has 2 nitrogen and oxygen atoms in total. The molecule has 0 aliphatic carbocycles. The fourth-order valence-corrected chi connectivity index (χ4v) is 2.00. The Hall–Kier alpha value is -1.72. The van der Waals surface area contributed by atoms with Gasteiger partial charge in [0.05, 0.1) is 10.6 Å². The standard InChI is InChI=1S/C14H7Cl2F3O2/c15-12-7-10(4-5-11(12)14(17,18)19)21-9-3-1-2-8(6-9)13(16)20/h1-7H. The largest absolute Gasteiger partial charge is 0.457 e. The highest BCUT2D eigenvalue weighted by molar-refractivity contribution is 6.67. The summed E-state index contributed by atoms with van der Waals surface area (Å²) in [6, 6.07) is 8.96. The van der Waals surface area contributed by atoms with Gasteiger partial charge in [-0.15, -0.1) is 0 Å². The second-order valence-electron chi connectivity index (χ2n) is 4.04. The molecule has 0 fully saturated rings. The number of ether oxygens (including phenoxy) is 1. The first-order valence-corrected chi connectivity index (χ1v) is 6.37. The summed E-state index contributed by atoms with van der Waals surface area (Å²) in [4.78, 5) is 11.0. The van der Waals surface area contributed by atoms with E-state index in [-0.39, 0.29) is 17.1 Å². The molecule has 0 unspecified atom stereocenters. The van der Waals surface area contributed by atoms with Crippen LogP contribution in [0.1, 0.15) is 15.9 Å². The Morgan fingerprint density at radius 3 is 2.29 bits per heavy atom. The molecule has 0 atom stereocenters. The van der Waals surface area contributed by atoms with E-state index < -0.39 is 22.0 Å². The van der Waals surface area contributed by atoms with Crippen LogP contribution >= 0.6 is 23.2 Å². The summed E-state index contributed by atoms with van der Waals surface area (Å²) in [5.41, 5.74) is -0.728. The van der Waals surface area contributed by atoms with Crippen molar-refractivity contribution in [3.8, 4) is 11.5 Å². The molecule has 0 bridgehead atoms. The monoisotopic (exact) mass is 334 g/mol. The first-order chi connectivity index (χ1) is 9.77. The summed E-state index contributed by atoms with van der Waals surface area (Å²) in [5.74, 6) is 0.379. The van der Waals surface area contributed by atoms with E-state index in [0.29, 0.717) is 0 Å². The maximum Gasteiger partial charge on any atom is 0.417 e. The molecule has 0 N–H and O–H groups in total.